The van der Waals surface area contributed by atoms with Crippen molar-refractivity contribution in [2.24, 2.45) is 0 Å². The first kappa shape index (κ1) is 27.4. The van der Waals surface area contributed by atoms with Crippen molar-refractivity contribution >= 4 is 38.4 Å². The van der Waals surface area contributed by atoms with Crippen LogP contribution in [0.5, 0.6) is 0 Å². The van der Waals surface area contributed by atoms with E-state index < -0.39 is 9.84 Å². The molecule has 3 heterocycles. The van der Waals surface area contributed by atoms with E-state index in [9.17, 15) is 8.42 Å². The Morgan fingerprint density at radius 3 is 2.41 bits per heavy atom. The number of nitrogens with one attached hydrogen (secondary N) is 1. The molecule has 1 aromatic carbocycles. The zero-order valence-corrected chi connectivity index (χ0v) is 24.2. The van der Waals surface area contributed by atoms with Gasteiger partial charge in [0.25, 0.3) is 0 Å². The van der Waals surface area contributed by atoms with Gasteiger partial charge in [-0.1, -0.05) is 23.7 Å². The Bertz CT molecular complexity index is 1620. The highest BCUT2D eigenvalue weighted by Crippen LogP contribution is 2.29. The molecule has 204 valence electrons. The van der Waals surface area contributed by atoms with E-state index in [1.807, 2.05) is 19.9 Å². The summed E-state index contributed by atoms with van der Waals surface area (Å²) < 4.78 is 25.8. The molecule has 1 saturated carbocycles. The minimum absolute atomic E-state index is 0.108. The Morgan fingerprint density at radius 1 is 0.974 bits per heavy atom. The molecule has 0 radical (unpaired) electrons. The minimum atomic E-state index is -3.63. The maximum atomic E-state index is 12.9. The molecule has 0 spiro atoms. The predicted molar refractivity (Wildman–Crippen MR) is 156 cm³/mol. The monoisotopic (exact) mass is 564 g/mol. The Balaban J connectivity index is 1.35. The largest absolute Gasteiger partial charge is 0.351 e. The van der Waals surface area contributed by atoms with E-state index in [0.717, 1.165) is 40.7 Å². The molecular formula is C29H33ClN6O2S. The fourth-order valence-corrected chi connectivity index (χ4v) is 7.08. The molecule has 0 amide bonds. The minimum Gasteiger partial charge on any atom is -0.351 e. The summed E-state index contributed by atoms with van der Waals surface area (Å²) in [5, 5.41) is 3.73. The normalized spacial score (nSPS) is 18.0. The molecule has 3 aromatic heterocycles. The van der Waals surface area contributed by atoms with Gasteiger partial charge < -0.3 is 10.2 Å². The van der Waals surface area contributed by atoms with Crippen molar-refractivity contribution in [1.29, 1.82) is 0 Å². The molecule has 0 bridgehead atoms. The van der Waals surface area contributed by atoms with Gasteiger partial charge in [-0.2, -0.15) is 0 Å². The van der Waals surface area contributed by atoms with Crippen molar-refractivity contribution in [1.82, 2.24) is 24.8 Å². The second-order valence-corrected chi connectivity index (χ2v) is 12.9. The lowest BCUT2D eigenvalue weighted by molar-refractivity contribution is 0.221. The number of aromatic nitrogens is 4. The molecule has 0 atom stereocenters. The average molecular weight is 565 g/mol. The zero-order chi connectivity index (χ0) is 27.7. The van der Waals surface area contributed by atoms with Crippen LogP contribution in [0.4, 0.5) is 5.95 Å². The van der Waals surface area contributed by atoms with Gasteiger partial charge in [0.2, 0.25) is 5.95 Å². The van der Waals surface area contributed by atoms with Crippen molar-refractivity contribution in [3.05, 3.63) is 70.6 Å². The summed E-state index contributed by atoms with van der Waals surface area (Å²) in [7, 11) is 0.663. The average Bonchev–Trinajstić information content (AvgIpc) is 2.89. The fraction of sp³-hybridized carbons (Fsp3) is 0.379. The van der Waals surface area contributed by atoms with Crippen LogP contribution >= 0.6 is 11.6 Å². The van der Waals surface area contributed by atoms with Crippen molar-refractivity contribution in [2.75, 3.05) is 19.4 Å². The molecule has 1 fully saturated rings. The lowest BCUT2D eigenvalue weighted by Crippen LogP contribution is -2.36. The molecule has 0 saturated heterocycles. The van der Waals surface area contributed by atoms with Crippen LogP contribution in [-0.2, 0) is 15.6 Å². The number of pyridine rings is 2. The number of nitrogens with zero attached hydrogens (tertiary/aromatic N) is 5. The van der Waals surface area contributed by atoms with Crippen molar-refractivity contribution in [3.63, 3.8) is 0 Å². The van der Waals surface area contributed by atoms with Crippen LogP contribution in [0.1, 0.15) is 42.5 Å². The number of rotatable bonds is 7. The number of halogens is 1. The summed E-state index contributed by atoms with van der Waals surface area (Å²) in [6.45, 7) is 3.94. The quantitative estimate of drug-likeness (QED) is 0.309. The molecule has 1 aliphatic rings. The van der Waals surface area contributed by atoms with Gasteiger partial charge in [0.05, 0.1) is 38.8 Å². The summed E-state index contributed by atoms with van der Waals surface area (Å²) in [5.74, 6) is 0.401. The first-order valence-corrected chi connectivity index (χ1v) is 15.1. The van der Waals surface area contributed by atoms with Crippen LogP contribution in [-0.4, -0.2) is 59.4 Å². The van der Waals surface area contributed by atoms with Gasteiger partial charge in [0.1, 0.15) is 5.52 Å². The van der Waals surface area contributed by atoms with Crippen LogP contribution in [0.2, 0.25) is 5.02 Å². The maximum absolute atomic E-state index is 12.9. The molecule has 5 rings (SSSR count). The van der Waals surface area contributed by atoms with Gasteiger partial charge in [-0.3, -0.25) is 4.98 Å². The van der Waals surface area contributed by atoms with E-state index >= 15 is 0 Å². The van der Waals surface area contributed by atoms with E-state index in [2.05, 4.69) is 34.3 Å². The lowest BCUT2D eigenvalue weighted by Gasteiger charge is -2.32. The number of hydrogen-bond donors (Lipinski definition) is 1. The van der Waals surface area contributed by atoms with Gasteiger partial charge in [0, 0.05) is 23.8 Å². The Hall–Kier alpha value is -3.14. The summed E-state index contributed by atoms with van der Waals surface area (Å²) in [6, 6.07) is 11.3. The first-order chi connectivity index (χ1) is 18.6. The highest BCUT2D eigenvalue weighted by Gasteiger charge is 2.23. The maximum Gasteiger partial charge on any atom is 0.223 e. The summed E-state index contributed by atoms with van der Waals surface area (Å²) in [5.41, 5.74) is 5.42. The van der Waals surface area contributed by atoms with Gasteiger partial charge in [-0.15, -0.1) is 0 Å². The highest BCUT2D eigenvalue weighted by atomic mass is 35.5. The molecule has 1 N–H and O–H groups in total. The number of anilines is 1. The Morgan fingerprint density at radius 2 is 1.72 bits per heavy atom. The third kappa shape index (κ3) is 6.05. The van der Waals surface area contributed by atoms with Crippen molar-refractivity contribution in [2.45, 2.75) is 62.3 Å². The molecular weight excluding hydrogens is 532 g/mol. The topological polar surface area (TPSA) is 101 Å². The second kappa shape index (κ2) is 11.2. The summed E-state index contributed by atoms with van der Waals surface area (Å²) >= 11 is 6.12. The molecule has 39 heavy (non-hydrogen) atoms. The lowest BCUT2D eigenvalue weighted by atomic mass is 9.91. The second-order valence-electron chi connectivity index (χ2n) is 10.5. The van der Waals surface area contributed by atoms with Crippen LogP contribution in [0.3, 0.4) is 0 Å². The molecule has 0 aliphatic heterocycles. The molecule has 10 heteroatoms. The zero-order valence-electron chi connectivity index (χ0n) is 22.6. The van der Waals surface area contributed by atoms with E-state index in [1.54, 1.807) is 36.7 Å². The summed E-state index contributed by atoms with van der Waals surface area (Å²) in [4.78, 5) is 21.0. The molecule has 4 aromatic rings. The van der Waals surface area contributed by atoms with Crippen LogP contribution in [0.15, 0.2) is 53.7 Å². The number of hydrogen-bond acceptors (Lipinski definition) is 8. The van der Waals surface area contributed by atoms with Crippen LogP contribution in [0.25, 0.3) is 22.3 Å². The smallest absolute Gasteiger partial charge is 0.223 e. The third-order valence-electron chi connectivity index (χ3n) is 7.45. The van der Waals surface area contributed by atoms with E-state index in [0.29, 0.717) is 29.2 Å². The standard InChI is InChI=1S/C29H33ClN6O2S/c1-18-13-21(17-39(37,38)27-8-6-5-7-24(27)30)31-15-23(18)25-14-19(2)28-26(34-25)16-32-29(35-28)33-20-9-11-22(12-10-20)36(3)4/h5-8,13-16,20,22H,9-12,17H2,1-4H3,(H,32,33,35). The van der Waals surface area contributed by atoms with Gasteiger partial charge >= 0.3 is 0 Å². The molecule has 0 unspecified atom stereocenters. The Labute approximate surface area is 234 Å². The molecule has 8 nitrogen and oxygen atoms in total. The first-order valence-electron chi connectivity index (χ1n) is 13.1. The number of benzene rings is 1. The van der Waals surface area contributed by atoms with Gasteiger partial charge in [-0.25, -0.2) is 23.4 Å². The van der Waals surface area contributed by atoms with Gasteiger partial charge in [0.15, 0.2) is 9.84 Å². The number of fused-ring (bicyclic) bond motifs is 1. The predicted octanol–water partition coefficient (Wildman–Crippen LogP) is 5.62. The SMILES string of the molecule is Cc1cc(CS(=O)(=O)c2ccccc2Cl)ncc1-c1cc(C)c2nc(NC3CCC(N(C)C)CC3)ncc2n1. The van der Waals surface area contributed by atoms with E-state index in [-0.39, 0.29) is 15.7 Å². The van der Waals surface area contributed by atoms with Gasteiger partial charge in [-0.05, 0) is 89.0 Å². The van der Waals surface area contributed by atoms with Crippen LogP contribution in [0, 0.1) is 13.8 Å². The van der Waals surface area contributed by atoms with Crippen LogP contribution < -0.4 is 5.32 Å². The van der Waals surface area contributed by atoms with E-state index in [4.69, 9.17) is 21.6 Å². The van der Waals surface area contributed by atoms with Crippen molar-refractivity contribution in [3.8, 4) is 11.3 Å². The summed E-state index contributed by atoms with van der Waals surface area (Å²) in [6.07, 6.45) is 7.98. The third-order valence-corrected chi connectivity index (χ3v) is 9.59. The number of aryl methyl sites for hydroxylation is 2. The fourth-order valence-electron chi connectivity index (χ4n) is 5.24. The Kier molecular flexibility index (Phi) is 7.84. The number of sulfone groups is 1. The van der Waals surface area contributed by atoms with Crippen molar-refractivity contribution < 1.29 is 8.42 Å². The highest BCUT2D eigenvalue weighted by molar-refractivity contribution is 7.90. The molecule has 1 aliphatic carbocycles. The van der Waals surface area contributed by atoms with E-state index in [1.165, 1.54) is 18.9 Å².